The summed E-state index contributed by atoms with van der Waals surface area (Å²) in [5, 5.41) is 0. The van der Waals surface area contributed by atoms with E-state index in [1.54, 1.807) is 0 Å². The summed E-state index contributed by atoms with van der Waals surface area (Å²) in [6, 6.07) is 15.0. The van der Waals surface area contributed by atoms with Gasteiger partial charge < -0.3 is 19.3 Å². The summed E-state index contributed by atoms with van der Waals surface area (Å²) in [5.74, 6) is 0.670. The van der Waals surface area contributed by atoms with Crippen LogP contribution in [0.15, 0.2) is 48.5 Å². The lowest BCUT2D eigenvalue weighted by atomic mass is 9.81. The van der Waals surface area contributed by atoms with Gasteiger partial charge in [-0.2, -0.15) is 0 Å². The van der Waals surface area contributed by atoms with Gasteiger partial charge in [0, 0.05) is 12.0 Å². The number of rotatable bonds is 6. The van der Waals surface area contributed by atoms with Crippen molar-refractivity contribution >= 4 is 17.7 Å². The first-order valence-corrected chi connectivity index (χ1v) is 13.5. The van der Waals surface area contributed by atoms with Gasteiger partial charge in [-0.1, -0.05) is 43.2 Å². The lowest BCUT2D eigenvalue weighted by molar-refractivity contribution is -0.917. The lowest BCUT2D eigenvalue weighted by Crippen LogP contribution is -3.13. The molecule has 1 saturated carbocycles. The Hall–Kier alpha value is -3.39. The topological polar surface area (TPSA) is 80.6 Å². The molecular weight excluding hydrogens is 470 g/mol. The molecule has 6 rings (SSSR count). The Kier molecular flexibility index (Phi) is 6.59. The van der Waals surface area contributed by atoms with E-state index in [1.165, 1.54) is 15.4 Å². The minimum absolute atomic E-state index is 0.105. The van der Waals surface area contributed by atoms with Crippen LogP contribution in [0.25, 0.3) is 0 Å². The van der Waals surface area contributed by atoms with E-state index in [-0.39, 0.29) is 36.4 Å². The second-order valence-electron chi connectivity index (χ2n) is 10.7. The number of quaternary nitrogens is 1. The Morgan fingerprint density at radius 3 is 2.27 bits per heavy atom. The van der Waals surface area contributed by atoms with E-state index < -0.39 is 6.04 Å². The predicted molar refractivity (Wildman–Crippen MR) is 135 cm³/mol. The lowest BCUT2D eigenvalue weighted by Gasteiger charge is -2.36. The molecule has 194 valence electrons. The largest absolute Gasteiger partial charge is 0.454 e. The van der Waals surface area contributed by atoms with Gasteiger partial charge in [0.05, 0.1) is 38.0 Å². The van der Waals surface area contributed by atoms with Gasteiger partial charge in [0.2, 0.25) is 24.5 Å². The zero-order valence-corrected chi connectivity index (χ0v) is 21.1. The molecule has 0 aromatic heterocycles. The van der Waals surface area contributed by atoms with Gasteiger partial charge in [0.1, 0.15) is 12.6 Å². The molecule has 3 atom stereocenters. The fraction of sp³-hybridized carbons (Fsp3) is 0.483. The number of likely N-dealkylation sites (tertiary alicyclic amines) is 1. The molecule has 3 fully saturated rings. The summed E-state index contributed by atoms with van der Waals surface area (Å²) in [7, 11) is 0. The molecule has 3 aliphatic heterocycles. The monoisotopic (exact) mass is 504 g/mol. The summed E-state index contributed by atoms with van der Waals surface area (Å²) in [6.07, 6.45) is 3.81. The molecule has 0 bridgehead atoms. The number of piperazine rings is 1. The van der Waals surface area contributed by atoms with Crippen LogP contribution in [-0.2, 0) is 27.3 Å². The molecule has 1 N–H and O–H groups in total. The van der Waals surface area contributed by atoms with E-state index in [0.717, 1.165) is 62.4 Å². The number of carbonyl (C=O) groups excluding carboxylic acids is 3. The van der Waals surface area contributed by atoms with Crippen LogP contribution in [-0.4, -0.2) is 66.5 Å². The van der Waals surface area contributed by atoms with Crippen LogP contribution in [0, 0.1) is 11.8 Å². The molecule has 4 aliphatic rings. The van der Waals surface area contributed by atoms with E-state index in [0.29, 0.717) is 19.5 Å². The second-order valence-corrected chi connectivity index (χ2v) is 10.7. The van der Waals surface area contributed by atoms with Gasteiger partial charge >= 0.3 is 0 Å². The number of carbonyl (C=O) groups is 3. The molecule has 0 spiro atoms. The van der Waals surface area contributed by atoms with Crippen LogP contribution in [0.4, 0.5) is 0 Å². The van der Waals surface area contributed by atoms with Crippen LogP contribution in [0.5, 0.6) is 11.5 Å². The number of fused-ring (bicyclic) bond motifs is 2. The highest BCUT2D eigenvalue weighted by molar-refractivity contribution is 6.08. The zero-order chi connectivity index (χ0) is 25.4. The van der Waals surface area contributed by atoms with Gasteiger partial charge in [-0.3, -0.25) is 19.3 Å². The van der Waals surface area contributed by atoms with Gasteiger partial charge in [0.15, 0.2) is 11.5 Å². The maximum atomic E-state index is 13.9. The molecule has 0 unspecified atom stereocenters. The third kappa shape index (κ3) is 4.70. The number of nitrogens with zero attached hydrogens (tertiary/aromatic N) is 2. The molecule has 1 aliphatic carbocycles. The highest BCUT2D eigenvalue weighted by Gasteiger charge is 2.52. The maximum absolute atomic E-state index is 13.9. The Balaban J connectivity index is 1.15. The van der Waals surface area contributed by atoms with Crippen LogP contribution in [0.2, 0.25) is 0 Å². The highest BCUT2D eigenvalue weighted by Crippen LogP contribution is 2.39. The summed E-state index contributed by atoms with van der Waals surface area (Å²) < 4.78 is 10.9. The fourth-order valence-electron chi connectivity index (χ4n) is 6.39. The van der Waals surface area contributed by atoms with Crippen molar-refractivity contribution in [2.75, 3.05) is 33.0 Å². The van der Waals surface area contributed by atoms with Gasteiger partial charge in [0.25, 0.3) is 0 Å². The molecule has 2 aromatic rings. The van der Waals surface area contributed by atoms with Gasteiger partial charge in [-0.05, 0) is 36.6 Å². The summed E-state index contributed by atoms with van der Waals surface area (Å²) in [6.45, 7) is 3.94. The highest BCUT2D eigenvalue weighted by atomic mass is 16.7. The maximum Gasteiger partial charge on any atom is 0.246 e. The molecule has 0 radical (unpaired) electrons. The minimum Gasteiger partial charge on any atom is -0.454 e. The van der Waals surface area contributed by atoms with Gasteiger partial charge in [-0.25, -0.2) is 0 Å². The third-order valence-corrected chi connectivity index (χ3v) is 8.42. The Labute approximate surface area is 217 Å². The molecule has 2 aromatic carbocycles. The smallest absolute Gasteiger partial charge is 0.246 e. The number of hydrogen-bond acceptors (Lipinski definition) is 5. The minimum atomic E-state index is -0.775. The number of amides is 3. The molecule has 2 saturated heterocycles. The van der Waals surface area contributed by atoms with Crippen molar-refractivity contribution in [1.82, 2.24) is 9.80 Å². The predicted octanol–water partition coefficient (Wildman–Crippen LogP) is 1.43. The fourth-order valence-corrected chi connectivity index (χ4v) is 6.39. The average molecular weight is 505 g/mol. The number of hydrogen-bond donors (Lipinski definition) is 1. The first-order chi connectivity index (χ1) is 18.1. The van der Waals surface area contributed by atoms with Crippen LogP contribution >= 0.6 is 0 Å². The zero-order valence-electron chi connectivity index (χ0n) is 21.1. The van der Waals surface area contributed by atoms with E-state index in [2.05, 4.69) is 6.07 Å². The number of benzene rings is 2. The van der Waals surface area contributed by atoms with Crippen molar-refractivity contribution in [3.05, 3.63) is 59.7 Å². The molecular formula is C29H34N3O5+. The normalized spacial score (nSPS) is 24.3. The van der Waals surface area contributed by atoms with Crippen molar-refractivity contribution in [2.45, 2.75) is 44.7 Å². The van der Waals surface area contributed by atoms with E-state index in [4.69, 9.17) is 9.47 Å². The second kappa shape index (κ2) is 10.2. The standard InChI is InChI=1S/C29H33N3O5/c33-27-22-8-4-5-9-23(22)28(34)32(27)24(16-20-6-2-1-3-7-20)29(35)31-14-12-30(13-15-31)18-21-10-11-25-26(17-21)37-19-36-25/h1-3,6-7,10-11,17,22-24H,4-5,8-9,12-16,18-19H2/p+1/t22-,23+,24-/m1/s1. The van der Waals surface area contributed by atoms with Gasteiger partial charge in [-0.15, -0.1) is 0 Å². The molecule has 3 amide bonds. The SMILES string of the molecule is O=C([C@@H](Cc1ccccc1)N1C(=O)[C@H]2CCCC[C@H]2C1=O)N1CC[NH+](Cc2ccc3c(c2)OCO3)CC1. The number of ether oxygens (including phenoxy) is 2. The summed E-state index contributed by atoms with van der Waals surface area (Å²) >= 11 is 0. The third-order valence-electron chi connectivity index (χ3n) is 8.42. The number of nitrogens with one attached hydrogen (secondary N) is 1. The van der Waals surface area contributed by atoms with Crippen molar-refractivity contribution in [3.8, 4) is 11.5 Å². The first kappa shape index (κ1) is 24.0. The Morgan fingerprint density at radius 2 is 1.57 bits per heavy atom. The van der Waals surface area contributed by atoms with Crippen molar-refractivity contribution in [2.24, 2.45) is 11.8 Å². The molecule has 3 heterocycles. The van der Waals surface area contributed by atoms with Crippen molar-refractivity contribution in [3.63, 3.8) is 0 Å². The Morgan fingerprint density at radius 1 is 0.892 bits per heavy atom. The quantitative estimate of drug-likeness (QED) is 0.602. The molecule has 8 nitrogen and oxygen atoms in total. The van der Waals surface area contributed by atoms with Crippen molar-refractivity contribution < 1.29 is 28.8 Å². The van der Waals surface area contributed by atoms with E-state index in [9.17, 15) is 14.4 Å². The van der Waals surface area contributed by atoms with E-state index in [1.807, 2.05) is 47.4 Å². The van der Waals surface area contributed by atoms with E-state index >= 15 is 0 Å². The Bertz CT molecular complexity index is 1150. The van der Waals surface area contributed by atoms with Crippen LogP contribution in [0.3, 0.4) is 0 Å². The molecule has 37 heavy (non-hydrogen) atoms. The van der Waals surface area contributed by atoms with Crippen molar-refractivity contribution in [1.29, 1.82) is 0 Å². The molecule has 8 heteroatoms. The average Bonchev–Trinajstić information content (AvgIpc) is 3.50. The first-order valence-electron chi connectivity index (χ1n) is 13.5. The van der Waals surface area contributed by atoms with Crippen LogP contribution in [0.1, 0.15) is 36.8 Å². The van der Waals surface area contributed by atoms with Crippen LogP contribution < -0.4 is 14.4 Å². The summed E-state index contributed by atoms with van der Waals surface area (Å²) in [4.78, 5) is 45.4. The summed E-state index contributed by atoms with van der Waals surface area (Å²) in [5.41, 5.74) is 2.14. The number of imide groups is 1.